The van der Waals surface area contributed by atoms with Crippen LogP contribution in [-0.4, -0.2) is 32.3 Å². The molecule has 0 unspecified atom stereocenters. The van der Waals surface area contributed by atoms with Gasteiger partial charge >= 0.3 is 0 Å². The molecule has 0 amide bonds. The summed E-state index contributed by atoms with van der Waals surface area (Å²) in [5.74, 6) is -0.465. The standard InChI is InChI=1S/C14H22O6S/c1-6-9(7-2)10-12(19-4)8(3)13(20-5)11(15)14(10)21(16,17)18/h9,15H,6-7H2,1-5H3,(H,16,17,18). The second kappa shape index (κ2) is 6.53. The summed E-state index contributed by atoms with van der Waals surface area (Å²) >= 11 is 0. The average Bonchev–Trinajstić information content (AvgIpc) is 2.39. The number of rotatable bonds is 6. The van der Waals surface area contributed by atoms with Gasteiger partial charge < -0.3 is 14.6 Å². The molecule has 0 aliphatic carbocycles. The van der Waals surface area contributed by atoms with E-state index < -0.39 is 20.8 Å². The van der Waals surface area contributed by atoms with Gasteiger partial charge in [-0.3, -0.25) is 4.55 Å². The van der Waals surface area contributed by atoms with E-state index >= 15 is 0 Å². The van der Waals surface area contributed by atoms with E-state index in [-0.39, 0.29) is 11.7 Å². The molecule has 0 fully saturated rings. The summed E-state index contributed by atoms with van der Waals surface area (Å²) < 4.78 is 43.4. The summed E-state index contributed by atoms with van der Waals surface area (Å²) in [7, 11) is -1.89. The number of hydrogen-bond donors (Lipinski definition) is 2. The van der Waals surface area contributed by atoms with Crippen molar-refractivity contribution in [1.82, 2.24) is 0 Å². The Morgan fingerprint density at radius 1 is 1.10 bits per heavy atom. The molecule has 0 saturated heterocycles. The summed E-state index contributed by atoms with van der Waals surface area (Å²) in [6, 6.07) is 0. The lowest BCUT2D eigenvalue weighted by Crippen LogP contribution is -2.11. The van der Waals surface area contributed by atoms with E-state index in [1.54, 1.807) is 6.92 Å². The second-order valence-corrected chi connectivity index (χ2v) is 6.13. The Bertz CT molecular complexity index is 617. The Morgan fingerprint density at radius 3 is 1.90 bits per heavy atom. The molecular formula is C14H22O6S. The fraction of sp³-hybridized carbons (Fsp3) is 0.571. The minimum atomic E-state index is -4.62. The van der Waals surface area contributed by atoms with Gasteiger partial charge in [-0.1, -0.05) is 13.8 Å². The lowest BCUT2D eigenvalue weighted by molar-refractivity contribution is 0.344. The monoisotopic (exact) mass is 318 g/mol. The molecule has 7 heteroatoms. The van der Waals surface area contributed by atoms with Crippen molar-refractivity contribution in [3.63, 3.8) is 0 Å². The van der Waals surface area contributed by atoms with Gasteiger partial charge in [-0.15, -0.1) is 0 Å². The molecule has 2 N–H and O–H groups in total. The molecule has 1 aromatic rings. The van der Waals surface area contributed by atoms with Crippen LogP contribution in [0.3, 0.4) is 0 Å². The molecule has 0 radical (unpaired) electrons. The van der Waals surface area contributed by atoms with Crippen molar-refractivity contribution in [3.8, 4) is 17.2 Å². The molecule has 6 nitrogen and oxygen atoms in total. The largest absolute Gasteiger partial charge is 0.503 e. The third-order valence-electron chi connectivity index (χ3n) is 3.66. The van der Waals surface area contributed by atoms with E-state index in [1.165, 1.54) is 14.2 Å². The van der Waals surface area contributed by atoms with Gasteiger partial charge in [0.25, 0.3) is 10.1 Å². The van der Waals surface area contributed by atoms with Gasteiger partial charge in [-0.25, -0.2) is 0 Å². The lowest BCUT2D eigenvalue weighted by Gasteiger charge is -2.24. The van der Waals surface area contributed by atoms with E-state index in [1.807, 2.05) is 13.8 Å². The van der Waals surface area contributed by atoms with Crippen LogP contribution in [0, 0.1) is 6.92 Å². The Labute approximate surface area is 125 Å². The maximum absolute atomic E-state index is 11.7. The molecule has 0 heterocycles. The fourth-order valence-corrected chi connectivity index (χ4v) is 3.53. The summed E-state index contributed by atoms with van der Waals surface area (Å²) in [4.78, 5) is -0.532. The molecule has 1 aromatic carbocycles. The summed E-state index contributed by atoms with van der Waals surface area (Å²) in [5.41, 5.74) is 0.785. The summed E-state index contributed by atoms with van der Waals surface area (Å²) in [6.45, 7) is 5.47. The molecular weight excluding hydrogens is 296 g/mol. The Morgan fingerprint density at radius 2 is 1.57 bits per heavy atom. The highest BCUT2D eigenvalue weighted by atomic mass is 32.2. The first-order valence-corrected chi connectivity index (χ1v) is 8.13. The molecule has 0 aliphatic heterocycles. The predicted molar refractivity (Wildman–Crippen MR) is 79.1 cm³/mol. The number of ether oxygens (including phenoxy) is 2. The first-order valence-electron chi connectivity index (χ1n) is 6.69. The number of methoxy groups -OCH3 is 2. The number of phenolic OH excluding ortho intramolecular Hbond substituents is 1. The minimum Gasteiger partial charge on any atom is -0.503 e. The van der Waals surface area contributed by atoms with Gasteiger partial charge in [0.1, 0.15) is 10.6 Å². The zero-order valence-electron chi connectivity index (χ0n) is 12.9. The quantitative estimate of drug-likeness (QED) is 0.783. The van der Waals surface area contributed by atoms with Crippen LogP contribution in [0.5, 0.6) is 17.2 Å². The molecule has 0 saturated carbocycles. The van der Waals surface area contributed by atoms with Crippen molar-refractivity contribution in [2.45, 2.75) is 44.4 Å². The zero-order valence-corrected chi connectivity index (χ0v) is 13.7. The van der Waals surface area contributed by atoms with Crippen LogP contribution >= 0.6 is 0 Å². The summed E-state index contributed by atoms with van der Waals surface area (Å²) in [5, 5.41) is 10.2. The van der Waals surface area contributed by atoms with E-state index in [0.29, 0.717) is 29.7 Å². The third-order valence-corrected chi connectivity index (χ3v) is 4.59. The first kappa shape index (κ1) is 17.6. The van der Waals surface area contributed by atoms with Gasteiger partial charge in [0.15, 0.2) is 11.5 Å². The maximum Gasteiger partial charge on any atom is 0.298 e. The number of hydrogen-bond acceptors (Lipinski definition) is 5. The topological polar surface area (TPSA) is 93.1 Å². The molecule has 1 rings (SSSR count). The highest BCUT2D eigenvalue weighted by Gasteiger charge is 2.33. The van der Waals surface area contributed by atoms with Gasteiger partial charge in [0.2, 0.25) is 0 Å². The van der Waals surface area contributed by atoms with Gasteiger partial charge in [-0.05, 0) is 25.7 Å². The lowest BCUT2D eigenvalue weighted by atomic mass is 9.91. The van der Waals surface area contributed by atoms with E-state index in [4.69, 9.17) is 9.47 Å². The van der Waals surface area contributed by atoms with Crippen LogP contribution in [0.1, 0.15) is 43.7 Å². The van der Waals surface area contributed by atoms with Crippen molar-refractivity contribution in [2.24, 2.45) is 0 Å². The second-order valence-electron chi connectivity index (χ2n) is 4.77. The fourth-order valence-electron chi connectivity index (χ4n) is 2.66. The van der Waals surface area contributed by atoms with Crippen LogP contribution in [0.2, 0.25) is 0 Å². The van der Waals surface area contributed by atoms with E-state index in [0.717, 1.165) is 0 Å². The Kier molecular flexibility index (Phi) is 5.47. The SMILES string of the molecule is CCC(CC)c1c(OC)c(C)c(OC)c(O)c1S(=O)(=O)O. The van der Waals surface area contributed by atoms with Crippen LogP contribution in [0.25, 0.3) is 0 Å². The van der Waals surface area contributed by atoms with Gasteiger partial charge in [0, 0.05) is 11.1 Å². The molecule has 0 bridgehead atoms. The highest BCUT2D eigenvalue weighted by Crippen LogP contribution is 2.49. The van der Waals surface area contributed by atoms with E-state index in [9.17, 15) is 18.1 Å². The third kappa shape index (κ3) is 3.08. The average molecular weight is 318 g/mol. The molecule has 0 atom stereocenters. The molecule has 21 heavy (non-hydrogen) atoms. The normalized spacial score (nSPS) is 11.8. The van der Waals surface area contributed by atoms with Crippen LogP contribution < -0.4 is 9.47 Å². The van der Waals surface area contributed by atoms with Crippen LogP contribution in [0.4, 0.5) is 0 Å². The van der Waals surface area contributed by atoms with Crippen molar-refractivity contribution in [1.29, 1.82) is 0 Å². The Balaban J connectivity index is 3.98. The smallest absolute Gasteiger partial charge is 0.298 e. The van der Waals surface area contributed by atoms with Crippen molar-refractivity contribution < 1.29 is 27.6 Å². The number of aromatic hydroxyl groups is 1. The summed E-state index contributed by atoms with van der Waals surface area (Å²) in [6.07, 6.45) is 1.28. The van der Waals surface area contributed by atoms with Gasteiger partial charge in [-0.2, -0.15) is 8.42 Å². The molecule has 0 aliphatic rings. The molecule has 120 valence electrons. The molecule has 0 spiro atoms. The zero-order chi connectivity index (χ0) is 16.4. The van der Waals surface area contributed by atoms with Crippen LogP contribution in [-0.2, 0) is 10.1 Å². The van der Waals surface area contributed by atoms with Crippen molar-refractivity contribution in [2.75, 3.05) is 14.2 Å². The van der Waals surface area contributed by atoms with Crippen molar-refractivity contribution in [3.05, 3.63) is 11.1 Å². The maximum atomic E-state index is 11.7. The Hall–Kier alpha value is -1.47. The number of benzene rings is 1. The van der Waals surface area contributed by atoms with Gasteiger partial charge in [0.05, 0.1) is 14.2 Å². The predicted octanol–water partition coefficient (Wildman–Crippen LogP) is 2.87. The highest BCUT2D eigenvalue weighted by molar-refractivity contribution is 7.86. The number of phenols is 1. The van der Waals surface area contributed by atoms with Crippen LogP contribution in [0.15, 0.2) is 4.90 Å². The first-order chi connectivity index (χ1) is 9.74. The van der Waals surface area contributed by atoms with Crippen molar-refractivity contribution >= 4 is 10.1 Å². The molecule has 0 aromatic heterocycles. The van der Waals surface area contributed by atoms with E-state index in [2.05, 4.69) is 0 Å². The minimum absolute atomic E-state index is 0.0193.